The van der Waals surface area contributed by atoms with Crippen LogP contribution in [0.4, 0.5) is 0 Å². The first-order chi connectivity index (χ1) is 3.79. The van der Waals surface area contributed by atoms with Crippen molar-refractivity contribution in [3.8, 4) is 0 Å². The van der Waals surface area contributed by atoms with Crippen LogP contribution in [-0.4, -0.2) is 0 Å². The van der Waals surface area contributed by atoms with Gasteiger partial charge >= 0.3 is 0 Å². The molecule has 0 bridgehead atoms. The fraction of sp³-hybridized carbons (Fsp3) is 0.875. The second kappa shape index (κ2) is 2.52. The van der Waals surface area contributed by atoms with E-state index < -0.39 is 0 Å². The molecule has 1 aliphatic carbocycles. The zero-order valence-corrected chi connectivity index (χ0v) is 5.85. The Hall–Kier alpha value is 0. The second-order valence-electron chi connectivity index (χ2n) is 3.08. The summed E-state index contributed by atoms with van der Waals surface area (Å²) in [5.41, 5.74) is 0. The minimum Gasteiger partial charge on any atom is -0.0622 e. The normalized spacial score (nSPS) is 39.8. The Labute approximate surface area is 52.3 Å². The Morgan fingerprint density at radius 2 is 1.62 bits per heavy atom. The van der Waals surface area contributed by atoms with Gasteiger partial charge in [-0.2, -0.15) is 0 Å². The third-order valence-electron chi connectivity index (χ3n) is 1.98. The topological polar surface area (TPSA) is 0 Å². The van der Waals surface area contributed by atoms with Crippen molar-refractivity contribution in [2.75, 3.05) is 0 Å². The van der Waals surface area contributed by atoms with Crippen LogP contribution >= 0.6 is 0 Å². The molecule has 0 heterocycles. The summed E-state index contributed by atoms with van der Waals surface area (Å²) in [6.07, 6.45) is 6.76. The van der Waals surface area contributed by atoms with Gasteiger partial charge in [-0.1, -0.05) is 33.1 Å². The highest BCUT2D eigenvalue weighted by atomic mass is 14.2. The first kappa shape index (κ1) is 6.12. The van der Waals surface area contributed by atoms with Gasteiger partial charge in [-0.15, -0.1) is 0 Å². The highest BCUT2D eigenvalue weighted by molar-refractivity contribution is 4.82. The lowest BCUT2D eigenvalue weighted by Crippen LogP contribution is -2.10. The van der Waals surface area contributed by atoms with Crippen molar-refractivity contribution in [1.29, 1.82) is 0 Å². The number of hydrogen-bond acceptors (Lipinski definition) is 0. The Morgan fingerprint density at radius 1 is 1.12 bits per heavy atom. The summed E-state index contributed by atoms with van der Waals surface area (Å²) < 4.78 is 0. The van der Waals surface area contributed by atoms with Gasteiger partial charge in [0.25, 0.3) is 0 Å². The van der Waals surface area contributed by atoms with Gasteiger partial charge < -0.3 is 0 Å². The first-order valence-corrected chi connectivity index (χ1v) is 3.64. The van der Waals surface area contributed by atoms with Crippen LogP contribution in [0.15, 0.2) is 0 Å². The summed E-state index contributed by atoms with van der Waals surface area (Å²) in [5, 5.41) is 0. The van der Waals surface area contributed by atoms with Crippen LogP contribution in [0.2, 0.25) is 0 Å². The maximum atomic E-state index is 2.48. The van der Waals surface area contributed by atoms with Gasteiger partial charge in [0.2, 0.25) is 0 Å². The highest BCUT2D eigenvalue weighted by Crippen LogP contribution is 2.26. The third kappa shape index (κ3) is 1.50. The van der Waals surface area contributed by atoms with Crippen molar-refractivity contribution >= 4 is 0 Å². The van der Waals surface area contributed by atoms with Crippen LogP contribution in [0.3, 0.4) is 0 Å². The smallest absolute Gasteiger partial charge is 0.0329 e. The Bertz CT molecular complexity index is 58.4. The molecule has 0 heteroatoms. The van der Waals surface area contributed by atoms with Crippen LogP contribution in [0.5, 0.6) is 0 Å². The van der Waals surface area contributed by atoms with Gasteiger partial charge in [-0.25, -0.2) is 0 Å². The van der Waals surface area contributed by atoms with E-state index in [1.165, 1.54) is 19.3 Å². The van der Waals surface area contributed by atoms with Gasteiger partial charge in [-0.05, 0) is 18.3 Å². The summed E-state index contributed by atoms with van der Waals surface area (Å²) >= 11 is 0. The van der Waals surface area contributed by atoms with Gasteiger partial charge in [0.05, 0.1) is 0 Å². The maximum Gasteiger partial charge on any atom is -0.0329 e. The molecule has 0 aromatic heterocycles. The lowest BCUT2D eigenvalue weighted by atomic mass is 9.84. The number of hydrogen-bond donors (Lipinski definition) is 0. The van der Waals surface area contributed by atoms with Crippen molar-refractivity contribution in [3.63, 3.8) is 0 Å². The SMILES string of the molecule is C[C@H]1[CH][C@H](C)CCC1. The first-order valence-electron chi connectivity index (χ1n) is 3.64. The lowest BCUT2D eigenvalue weighted by Gasteiger charge is -2.22. The molecular formula is C8H15. The summed E-state index contributed by atoms with van der Waals surface area (Å²) in [5.74, 6) is 1.78. The average Bonchev–Trinajstić information content (AvgIpc) is 1.64. The Morgan fingerprint density at radius 3 is 1.88 bits per heavy atom. The molecule has 1 rings (SSSR count). The minimum atomic E-state index is 0.888. The molecule has 0 nitrogen and oxygen atoms in total. The van der Waals surface area contributed by atoms with Crippen molar-refractivity contribution in [3.05, 3.63) is 6.42 Å². The van der Waals surface area contributed by atoms with Crippen molar-refractivity contribution in [2.24, 2.45) is 11.8 Å². The molecular weight excluding hydrogens is 96.1 g/mol. The van der Waals surface area contributed by atoms with Crippen LogP contribution in [0, 0.1) is 18.3 Å². The van der Waals surface area contributed by atoms with Crippen LogP contribution < -0.4 is 0 Å². The summed E-state index contributed by atoms with van der Waals surface area (Å²) in [6, 6.07) is 0. The fourth-order valence-electron chi connectivity index (χ4n) is 1.52. The molecule has 0 N–H and O–H groups in total. The van der Waals surface area contributed by atoms with E-state index in [1.807, 2.05) is 0 Å². The monoisotopic (exact) mass is 111 g/mol. The lowest BCUT2D eigenvalue weighted by molar-refractivity contribution is 0.396. The molecule has 0 saturated heterocycles. The quantitative estimate of drug-likeness (QED) is 0.451. The highest BCUT2D eigenvalue weighted by Gasteiger charge is 2.13. The molecule has 47 valence electrons. The van der Waals surface area contributed by atoms with Crippen molar-refractivity contribution in [1.82, 2.24) is 0 Å². The molecule has 1 saturated carbocycles. The number of rotatable bonds is 0. The van der Waals surface area contributed by atoms with E-state index in [0.717, 1.165) is 11.8 Å². The molecule has 0 aliphatic heterocycles. The van der Waals surface area contributed by atoms with E-state index in [-0.39, 0.29) is 0 Å². The maximum absolute atomic E-state index is 2.48. The molecule has 1 fully saturated rings. The molecule has 0 aromatic rings. The summed E-state index contributed by atoms with van der Waals surface area (Å²) in [7, 11) is 0. The third-order valence-corrected chi connectivity index (χ3v) is 1.98. The van der Waals surface area contributed by atoms with Crippen LogP contribution in [0.25, 0.3) is 0 Å². The van der Waals surface area contributed by atoms with Gasteiger partial charge in [0.1, 0.15) is 0 Å². The van der Waals surface area contributed by atoms with Crippen molar-refractivity contribution in [2.45, 2.75) is 33.1 Å². The molecule has 8 heavy (non-hydrogen) atoms. The van der Waals surface area contributed by atoms with Crippen LogP contribution in [-0.2, 0) is 0 Å². The molecule has 0 amide bonds. The largest absolute Gasteiger partial charge is 0.0622 e. The molecule has 0 aromatic carbocycles. The van der Waals surface area contributed by atoms with E-state index in [2.05, 4.69) is 20.3 Å². The van der Waals surface area contributed by atoms with Gasteiger partial charge in [0, 0.05) is 0 Å². The van der Waals surface area contributed by atoms with E-state index >= 15 is 0 Å². The van der Waals surface area contributed by atoms with Crippen LogP contribution in [0.1, 0.15) is 33.1 Å². The summed E-state index contributed by atoms with van der Waals surface area (Å²) in [6.45, 7) is 4.63. The van der Waals surface area contributed by atoms with Gasteiger partial charge in [-0.3, -0.25) is 0 Å². The predicted octanol–water partition coefficient (Wildman–Crippen LogP) is 2.65. The van der Waals surface area contributed by atoms with E-state index in [0.29, 0.717) is 0 Å². The fourth-order valence-corrected chi connectivity index (χ4v) is 1.52. The Balaban J connectivity index is 2.23. The van der Waals surface area contributed by atoms with E-state index in [9.17, 15) is 0 Å². The molecule has 1 aliphatic rings. The standard InChI is InChI=1S/C8H15/c1-7-4-3-5-8(2)6-7/h6-8H,3-5H2,1-2H3/t7-,8-/m1/s1. The van der Waals surface area contributed by atoms with Gasteiger partial charge in [0.15, 0.2) is 0 Å². The Kier molecular flexibility index (Phi) is 1.93. The molecule has 0 unspecified atom stereocenters. The molecule has 1 radical (unpaired) electrons. The van der Waals surface area contributed by atoms with E-state index in [1.54, 1.807) is 0 Å². The molecule has 2 atom stereocenters. The second-order valence-corrected chi connectivity index (χ2v) is 3.08. The van der Waals surface area contributed by atoms with E-state index in [4.69, 9.17) is 0 Å². The average molecular weight is 111 g/mol. The van der Waals surface area contributed by atoms with Crippen molar-refractivity contribution < 1.29 is 0 Å². The minimum absolute atomic E-state index is 0.888. The zero-order chi connectivity index (χ0) is 5.98. The summed E-state index contributed by atoms with van der Waals surface area (Å²) in [4.78, 5) is 0. The molecule has 0 spiro atoms. The predicted molar refractivity (Wildman–Crippen MR) is 36.5 cm³/mol. The zero-order valence-electron chi connectivity index (χ0n) is 5.85.